The van der Waals surface area contributed by atoms with Crippen molar-refractivity contribution in [1.82, 2.24) is 4.98 Å². The smallest absolute Gasteiger partial charge is 0.287 e. The Bertz CT molecular complexity index is 325. The molecule has 0 saturated heterocycles. The molecule has 5 heteroatoms. The van der Waals surface area contributed by atoms with Crippen molar-refractivity contribution in [3.8, 4) is 0 Å². The predicted molar refractivity (Wildman–Crippen MR) is 63.5 cm³/mol. The van der Waals surface area contributed by atoms with Crippen LogP contribution in [0.4, 0.5) is 11.5 Å². The van der Waals surface area contributed by atoms with Crippen molar-refractivity contribution in [2.45, 2.75) is 32.6 Å². The summed E-state index contributed by atoms with van der Waals surface area (Å²) < 4.78 is 0. The molecule has 1 aromatic rings. The average Bonchev–Trinajstić information content (AvgIpc) is 2.29. The molecule has 0 unspecified atom stereocenters. The lowest BCUT2D eigenvalue weighted by Gasteiger charge is -2.04. The van der Waals surface area contributed by atoms with E-state index in [1.165, 1.54) is 31.5 Å². The van der Waals surface area contributed by atoms with Gasteiger partial charge in [-0.2, -0.15) is 0 Å². The van der Waals surface area contributed by atoms with E-state index in [0.29, 0.717) is 5.82 Å². The molecular formula is C11H17N3O2. The van der Waals surface area contributed by atoms with Crippen molar-refractivity contribution in [2.24, 2.45) is 0 Å². The van der Waals surface area contributed by atoms with Gasteiger partial charge in [0.05, 0.1) is 4.92 Å². The second-order valence-electron chi connectivity index (χ2n) is 3.65. The number of nitrogens with one attached hydrogen (secondary N) is 1. The second kappa shape index (κ2) is 6.76. The zero-order valence-electron chi connectivity index (χ0n) is 9.48. The summed E-state index contributed by atoms with van der Waals surface area (Å²) in [6.07, 6.45) is 6.04. The fourth-order valence-electron chi connectivity index (χ4n) is 1.37. The van der Waals surface area contributed by atoms with Crippen LogP contribution < -0.4 is 5.32 Å². The maximum absolute atomic E-state index is 10.4. The molecule has 0 fully saturated rings. The van der Waals surface area contributed by atoms with Gasteiger partial charge in [0.15, 0.2) is 0 Å². The number of nitro groups is 1. The zero-order chi connectivity index (χ0) is 11.8. The Morgan fingerprint density at radius 2 is 2.19 bits per heavy atom. The highest BCUT2D eigenvalue weighted by Gasteiger charge is 2.04. The minimum absolute atomic E-state index is 0.0246. The topological polar surface area (TPSA) is 68.1 Å². The van der Waals surface area contributed by atoms with Crippen molar-refractivity contribution in [3.63, 3.8) is 0 Å². The number of unbranched alkanes of at least 4 members (excludes halogenated alkanes) is 3. The molecule has 88 valence electrons. The van der Waals surface area contributed by atoms with Crippen molar-refractivity contribution in [1.29, 1.82) is 0 Å². The number of pyridine rings is 1. The summed E-state index contributed by atoms with van der Waals surface area (Å²) in [4.78, 5) is 13.9. The van der Waals surface area contributed by atoms with Crippen LogP contribution in [0.25, 0.3) is 0 Å². The number of aromatic nitrogens is 1. The third kappa shape index (κ3) is 4.25. The van der Waals surface area contributed by atoms with Gasteiger partial charge in [-0.05, 0) is 12.5 Å². The van der Waals surface area contributed by atoms with Gasteiger partial charge in [0.1, 0.15) is 12.0 Å². The van der Waals surface area contributed by atoms with E-state index in [2.05, 4.69) is 17.2 Å². The SMILES string of the molecule is CCCCCCNc1ccc([N+](=O)[O-])cn1. The molecule has 1 aromatic heterocycles. The Morgan fingerprint density at radius 3 is 2.75 bits per heavy atom. The second-order valence-corrected chi connectivity index (χ2v) is 3.65. The van der Waals surface area contributed by atoms with Crippen LogP contribution in [0.5, 0.6) is 0 Å². The first-order valence-electron chi connectivity index (χ1n) is 5.58. The fraction of sp³-hybridized carbons (Fsp3) is 0.545. The van der Waals surface area contributed by atoms with Crippen LogP contribution in [0.2, 0.25) is 0 Å². The summed E-state index contributed by atoms with van der Waals surface area (Å²) in [6, 6.07) is 3.10. The molecule has 1 heterocycles. The van der Waals surface area contributed by atoms with Crippen molar-refractivity contribution >= 4 is 11.5 Å². The van der Waals surface area contributed by atoms with E-state index >= 15 is 0 Å². The Balaban J connectivity index is 2.29. The number of hydrogen-bond donors (Lipinski definition) is 1. The average molecular weight is 223 g/mol. The van der Waals surface area contributed by atoms with Gasteiger partial charge in [0.2, 0.25) is 0 Å². The van der Waals surface area contributed by atoms with Gasteiger partial charge in [0.25, 0.3) is 5.69 Å². The molecule has 0 aliphatic carbocycles. The fourth-order valence-corrected chi connectivity index (χ4v) is 1.37. The summed E-state index contributed by atoms with van der Waals surface area (Å²) in [5.74, 6) is 0.696. The van der Waals surface area contributed by atoms with E-state index < -0.39 is 4.92 Å². The molecule has 16 heavy (non-hydrogen) atoms. The summed E-state index contributed by atoms with van der Waals surface area (Å²) in [5.41, 5.74) is 0.0246. The molecule has 0 amide bonds. The van der Waals surface area contributed by atoms with Crippen LogP contribution in [0.15, 0.2) is 18.3 Å². The van der Waals surface area contributed by atoms with Crippen LogP contribution >= 0.6 is 0 Å². The maximum atomic E-state index is 10.4. The van der Waals surface area contributed by atoms with Crippen molar-refractivity contribution in [2.75, 3.05) is 11.9 Å². The first kappa shape index (κ1) is 12.4. The lowest BCUT2D eigenvalue weighted by molar-refractivity contribution is -0.385. The first-order valence-corrected chi connectivity index (χ1v) is 5.58. The quantitative estimate of drug-likeness (QED) is 0.438. The summed E-state index contributed by atoms with van der Waals surface area (Å²) in [6.45, 7) is 3.04. The van der Waals surface area contributed by atoms with E-state index in [0.717, 1.165) is 13.0 Å². The number of rotatable bonds is 7. The predicted octanol–water partition coefficient (Wildman–Crippen LogP) is 2.98. The molecule has 0 aliphatic rings. The van der Waals surface area contributed by atoms with Gasteiger partial charge < -0.3 is 5.32 Å². The standard InChI is InChI=1S/C11H17N3O2/c1-2-3-4-5-8-12-11-7-6-10(9-13-11)14(15)16/h6-7,9H,2-5,8H2,1H3,(H,12,13). The highest BCUT2D eigenvalue weighted by molar-refractivity contribution is 5.39. The van der Waals surface area contributed by atoms with Crippen LogP contribution in [0, 0.1) is 10.1 Å². The van der Waals surface area contributed by atoms with E-state index in [9.17, 15) is 10.1 Å². The van der Waals surface area contributed by atoms with Crippen molar-refractivity contribution < 1.29 is 4.92 Å². The van der Waals surface area contributed by atoms with Gasteiger partial charge in [-0.1, -0.05) is 26.2 Å². The number of hydrogen-bond acceptors (Lipinski definition) is 4. The van der Waals surface area contributed by atoms with Gasteiger partial charge >= 0.3 is 0 Å². The molecule has 0 bridgehead atoms. The summed E-state index contributed by atoms with van der Waals surface area (Å²) in [7, 11) is 0. The van der Waals surface area contributed by atoms with E-state index in [1.54, 1.807) is 6.07 Å². The Morgan fingerprint density at radius 1 is 1.38 bits per heavy atom. The minimum atomic E-state index is -0.446. The van der Waals surface area contributed by atoms with Crippen molar-refractivity contribution in [3.05, 3.63) is 28.4 Å². The monoisotopic (exact) mass is 223 g/mol. The first-order chi connectivity index (χ1) is 7.74. The van der Waals surface area contributed by atoms with Crippen LogP contribution in [-0.2, 0) is 0 Å². The van der Waals surface area contributed by atoms with Gasteiger partial charge in [-0.15, -0.1) is 0 Å². The molecule has 0 saturated carbocycles. The highest BCUT2D eigenvalue weighted by atomic mass is 16.6. The van der Waals surface area contributed by atoms with E-state index in [1.807, 2.05) is 0 Å². The lowest BCUT2D eigenvalue weighted by Crippen LogP contribution is -2.03. The van der Waals surface area contributed by atoms with Crippen LogP contribution in [-0.4, -0.2) is 16.5 Å². The molecule has 1 N–H and O–H groups in total. The highest BCUT2D eigenvalue weighted by Crippen LogP contribution is 2.11. The molecule has 0 aromatic carbocycles. The lowest BCUT2D eigenvalue weighted by atomic mass is 10.2. The molecule has 0 aliphatic heterocycles. The summed E-state index contributed by atoms with van der Waals surface area (Å²) in [5, 5.41) is 13.5. The van der Waals surface area contributed by atoms with Gasteiger partial charge in [0, 0.05) is 12.6 Å². The normalized spacial score (nSPS) is 10.1. The zero-order valence-corrected chi connectivity index (χ0v) is 9.48. The molecule has 1 rings (SSSR count). The summed E-state index contributed by atoms with van der Waals surface area (Å²) >= 11 is 0. The maximum Gasteiger partial charge on any atom is 0.287 e. The Hall–Kier alpha value is -1.65. The van der Waals surface area contributed by atoms with Crippen LogP contribution in [0.1, 0.15) is 32.6 Å². The largest absolute Gasteiger partial charge is 0.370 e. The molecule has 0 radical (unpaired) electrons. The van der Waals surface area contributed by atoms with Gasteiger partial charge in [-0.25, -0.2) is 4.98 Å². The Labute approximate surface area is 95.0 Å². The minimum Gasteiger partial charge on any atom is -0.370 e. The van der Waals surface area contributed by atoms with E-state index in [4.69, 9.17) is 0 Å². The molecule has 0 atom stereocenters. The molecule has 5 nitrogen and oxygen atoms in total. The third-order valence-electron chi connectivity index (χ3n) is 2.30. The molecule has 0 spiro atoms. The number of anilines is 1. The number of nitrogens with zero attached hydrogens (tertiary/aromatic N) is 2. The molecular weight excluding hydrogens is 206 g/mol. The van der Waals surface area contributed by atoms with E-state index in [-0.39, 0.29) is 5.69 Å². The van der Waals surface area contributed by atoms with Crippen LogP contribution in [0.3, 0.4) is 0 Å². The Kier molecular flexibility index (Phi) is 5.25. The van der Waals surface area contributed by atoms with Gasteiger partial charge in [-0.3, -0.25) is 10.1 Å². The third-order valence-corrected chi connectivity index (χ3v) is 2.30.